The predicted molar refractivity (Wildman–Crippen MR) is 129 cm³/mol. The average Bonchev–Trinajstić information content (AvgIpc) is 2.83. The molecule has 2 amide bonds. The molecule has 2 aromatic rings. The number of likely N-dealkylation sites (N-methyl/N-ethyl adjacent to an activating group) is 1. The lowest BCUT2D eigenvalue weighted by atomic mass is 9.94. The second kappa shape index (κ2) is 11.8. The summed E-state index contributed by atoms with van der Waals surface area (Å²) in [4.78, 5) is 30.3. The molecular weight excluding hydrogens is 406 g/mol. The fourth-order valence-electron chi connectivity index (χ4n) is 3.94. The number of para-hydroxylation sites is 1. The zero-order valence-electron chi connectivity index (χ0n) is 18.5. The van der Waals surface area contributed by atoms with Crippen molar-refractivity contribution in [3.05, 3.63) is 60.2 Å². The van der Waals surface area contributed by atoms with Gasteiger partial charge in [0.15, 0.2) is 0 Å². The van der Waals surface area contributed by atoms with E-state index in [0.717, 1.165) is 30.0 Å². The molecule has 0 saturated heterocycles. The SMILES string of the molecule is CN(CCNC(=O)c1ccccc1SCC(=O)N(C)C1CCCCC1)c1ccccc1. The van der Waals surface area contributed by atoms with Gasteiger partial charge in [0, 0.05) is 43.8 Å². The van der Waals surface area contributed by atoms with Gasteiger partial charge in [0.2, 0.25) is 5.91 Å². The van der Waals surface area contributed by atoms with E-state index >= 15 is 0 Å². The normalized spacial score (nSPS) is 14.1. The number of nitrogens with one attached hydrogen (secondary N) is 1. The number of rotatable bonds is 9. The first-order chi connectivity index (χ1) is 15.1. The van der Waals surface area contributed by atoms with Crippen LogP contribution in [0.5, 0.6) is 0 Å². The molecule has 6 heteroatoms. The third-order valence-corrected chi connectivity index (χ3v) is 6.99. The second-order valence-electron chi connectivity index (χ2n) is 8.09. The Bertz CT molecular complexity index is 853. The Balaban J connectivity index is 1.50. The zero-order chi connectivity index (χ0) is 22.1. The summed E-state index contributed by atoms with van der Waals surface area (Å²) in [6, 6.07) is 18.0. The van der Waals surface area contributed by atoms with Gasteiger partial charge in [0.25, 0.3) is 5.91 Å². The molecular formula is C25H33N3O2S. The van der Waals surface area contributed by atoms with Gasteiger partial charge in [0.05, 0.1) is 11.3 Å². The molecule has 1 saturated carbocycles. The van der Waals surface area contributed by atoms with E-state index in [1.165, 1.54) is 31.0 Å². The summed E-state index contributed by atoms with van der Waals surface area (Å²) < 4.78 is 0. The third-order valence-electron chi connectivity index (χ3n) is 5.93. The van der Waals surface area contributed by atoms with Crippen molar-refractivity contribution in [2.24, 2.45) is 0 Å². The fourth-order valence-corrected chi connectivity index (χ4v) is 4.91. The molecule has 0 atom stereocenters. The van der Waals surface area contributed by atoms with Crippen molar-refractivity contribution < 1.29 is 9.59 Å². The van der Waals surface area contributed by atoms with E-state index in [1.807, 2.05) is 61.5 Å². The highest BCUT2D eigenvalue weighted by atomic mass is 32.2. The van der Waals surface area contributed by atoms with Gasteiger partial charge in [-0.3, -0.25) is 9.59 Å². The molecule has 1 N–H and O–H groups in total. The standard InChI is InChI=1S/C25H33N3O2S/c1-27(20-11-5-3-6-12-20)18-17-26-25(30)22-15-9-10-16-23(22)31-19-24(29)28(2)21-13-7-4-8-14-21/h3,5-6,9-12,15-16,21H,4,7-8,13-14,17-19H2,1-2H3,(H,26,30). The molecule has 2 aromatic carbocycles. The largest absolute Gasteiger partial charge is 0.373 e. The minimum Gasteiger partial charge on any atom is -0.373 e. The van der Waals surface area contributed by atoms with E-state index in [1.54, 1.807) is 0 Å². The Kier molecular flexibility index (Phi) is 8.83. The highest BCUT2D eigenvalue weighted by molar-refractivity contribution is 8.00. The van der Waals surface area contributed by atoms with Crippen molar-refractivity contribution in [1.29, 1.82) is 0 Å². The number of thioether (sulfide) groups is 1. The molecule has 0 aromatic heterocycles. The predicted octanol–water partition coefficient (Wildman–Crippen LogP) is 4.44. The molecule has 166 valence electrons. The van der Waals surface area contributed by atoms with Gasteiger partial charge in [-0.1, -0.05) is 49.6 Å². The van der Waals surface area contributed by atoms with Crippen LogP contribution in [0.3, 0.4) is 0 Å². The Morgan fingerprint density at radius 1 is 0.968 bits per heavy atom. The summed E-state index contributed by atoms with van der Waals surface area (Å²) in [6.45, 7) is 1.27. The quantitative estimate of drug-likeness (QED) is 0.587. The van der Waals surface area contributed by atoms with Gasteiger partial charge >= 0.3 is 0 Å². The monoisotopic (exact) mass is 439 g/mol. The van der Waals surface area contributed by atoms with Crippen molar-refractivity contribution >= 4 is 29.3 Å². The molecule has 1 fully saturated rings. The summed E-state index contributed by atoms with van der Waals surface area (Å²) in [7, 11) is 3.93. The zero-order valence-corrected chi connectivity index (χ0v) is 19.4. The van der Waals surface area contributed by atoms with Crippen molar-refractivity contribution in [1.82, 2.24) is 10.2 Å². The summed E-state index contributed by atoms with van der Waals surface area (Å²) in [5.74, 6) is 0.392. The number of nitrogens with zero attached hydrogens (tertiary/aromatic N) is 2. The number of carbonyl (C=O) groups excluding carboxylic acids is 2. The van der Waals surface area contributed by atoms with Gasteiger partial charge in [-0.2, -0.15) is 0 Å². The number of anilines is 1. The lowest BCUT2D eigenvalue weighted by Gasteiger charge is -2.31. The summed E-state index contributed by atoms with van der Waals surface area (Å²) in [6.07, 6.45) is 5.89. The van der Waals surface area contributed by atoms with Crippen molar-refractivity contribution in [3.8, 4) is 0 Å². The summed E-state index contributed by atoms with van der Waals surface area (Å²) >= 11 is 1.45. The van der Waals surface area contributed by atoms with Gasteiger partial charge in [-0.05, 0) is 37.1 Å². The van der Waals surface area contributed by atoms with E-state index in [4.69, 9.17) is 0 Å². The van der Waals surface area contributed by atoms with Gasteiger partial charge in [0.1, 0.15) is 0 Å². The number of amides is 2. The minimum absolute atomic E-state index is 0.0994. The highest BCUT2D eigenvalue weighted by Crippen LogP contribution is 2.25. The summed E-state index contributed by atoms with van der Waals surface area (Å²) in [5.41, 5.74) is 1.75. The topological polar surface area (TPSA) is 52.7 Å². The van der Waals surface area contributed by atoms with Crippen LogP contribution in [0, 0.1) is 0 Å². The van der Waals surface area contributed by atoms with E-state index in [2.05, 4.69) is 22.3 Å². The van der Waals surface area contributed by atoms with Crippen LogP contribution in [-0.2, 0) is 4.79 Å². The minimum atomic E-state index is -0.0994. The van der Waals surface area contributed by atoms with E-state index in [9.17, 15) is 9.59 Å². The molecule has 0 radical (unpaired) electrons. The first-order valence-electron chi connectivity index (χ1n) is 11.1. The van der Waals surface area contributed by atoms with E-state index < -0.39 is 0 Å². The average molecular weight is 440 g/mol. The van der Waals surface area contributed by atoms with Crippen molar-refractivity contribution in [2.75, 3.05) is 37.8 Å². The second-order valence-corrected chi connectivity index (χ2v) is 9.11. The lowest BCUT2D eigenvalue weighted by molar-refractivity contribution is -0.129. The van der Waals surface area contributed by atoms with E-state index in [-0.39, 0.29) is 11.8 Å². The number of benzene rings is 2. The maximum Gasteiger partial charge on any atom is 0.252 e. The molecule has 0 bridgehead atoms. The highest BCUT2D eigenvalue weighted by Gasteiger charge is 2.22. The molecule has 31 heavy (non-hydrogen) atoms. The molecule has 5 nitrogen and oxygen atoms in total. The maximum absolute atomic E-state index is 12.8. The van der Waals surface area contributed by atoms with Crippen molar-refractivity contribution in [3.63, 3.8) is 0 Å². The smallest absolute Gasteiger partial charge is 0.252 e. The fraction of sp³-hybridized carbons (Fsp3) is 0.440. The molecule has 0 heterocycles. The van der Waals surface area contributed by atoms with Gasteiger partial charge in [-0.25, -0.2) is 0 Å². The Morgan fingerprint density at radius 2 is 1.65 bits per heavy atom. The number of carbonyl (C=O) groups is 2. The van der Waals surface area contributed by atoms with Crippen LogP contribution in [0.4, 0.5) is 5.69 Å². The first kappa shape index (κ1) is 23.2. The molecule has 0 spiro atoms. The Morgan fingerprint density at radius 3 is 2.39 bits per heavy atom. The van der Waals surface area contributed by atoms with Gasteiger partial charge < -0.3 is 15.1 Å². The maximum atomic E-state index is 12.8. The van der Waals surface area contributed by atoms with E-state index in [0.29, 0.717) is 23.9 Å². The third kappa shape index (κ3) is 6.76. The van der Waals surface area contributed by atoms with Crippen LogP contribution in [0.1, 0.15) is 42.5 Å². The van der Waals surface area contributed by atoms with Crippen molar-refractivity contribution in [2.45, 2.75) is 43.0 Å². The lowest BCUT2D eigenvalue weighted by Crippen LogP contribution is -2.39. The molecule has 1 aliphatic carbocycles. The van der Waals surface area contributed by atoms with Crippen LogP contribution >= 0.6 is 11.8 Å². The molecule has 0 unspecified atom stereocenters. The number of hydrogen-bond acceptors (Lipinski definition) is 4. The van der Waals surface area contributed by atoms with Crippen LogP contribution in [0.25, 0.3) is 0 Å². The Labute approximate surface area is 190 Å². The van der Waals surface area contributed by atoms with Crippen LogP contribution < -0.4 is 10.2 Å². The molecule has 3 rings (SSSR count). The Hall–Kier alpha value is -2.47. The molecule has 0 aliphatic heterocycles. The van der Waals surface area contributed by atoms with Gasteiger partial charge in [-0.15, -0.1) is 11.8 Å². The van der Waals surface area contributed by atoms with Crippen LogP contribution in [-0.4, -0.2) is 55.7 Å². The molecule has 1 aliphatic rings. The summed E-state index contributed by atoms with van der Waals surface area (Å²) in [5, 5.41) is 3.01. The first-order valence-corrected chi connectivity index (χ1v) is 12.1. The van der Waals surface area contributed by atoms with Crippen LogP contribution in [0.15, 0.2) is 59.5 Å². The number of hydrogen-bond donors (Lipinski definition) is 1. The van der Waals surface area contributed by atoms with Crippen LogP contribution in [0.2, 0.25) is 0 Å².